The quantitative estimate of drug-likeness (QED) is 0.221. The van der Waals surface area contributed by atoms with E-state index in [1.54, 1.807) is 13.2 Å². The molecule has 0 fully saturated rings. The molecule has 2 aromatic heterocycles. The van der Waals surface area contributed by atoms with Crippen LogP contribution in [0.25, 0.3) is 11.3 Å². The zero-order valence-corrected chi connectivity index (χ0v) is 20.8. The number of carbonyl (C=O) groups excluding carboxylic acids is 1. The number of hydrogen-bond acceptors (Lipinski definition) is 7. The Bertz CT molecular complexity index is 1270. The fourth-order valence-electron chi connectivity index (χ4n) is 3.16. The summed E-state index contributed by atoms with van der Waals surface area (Å²) in [5.41, 5.74) is 2.82. The number of rotatable bonds is 10. The lowest BCUT2D eigenvalue weighted by Crippen LogP contribution is -2.14. The Morgan fingerprint density at radius 2 is 1.97 bits per heavy atom. The number of nitrogens with zero attached hydrogens (tertiary/aromatic N) is 4. The molecule has 1 N–H and O–H groups in total. The maximum absolute atomic E-state index is 12.5. The minimum atomic E-state index is -0.160. The number of methoxy groups -OCH3 is 1. The summed E-state index contributed by atoms with van der Waals surface area (Å²) in [6.07, 6.45) is 2.41. The molecule has 0 aliphatic carbocycles. The fourth-order valence-corrected chi connectivity index (χ4v) is 4.79. The summed E-state index contributed by atoms with van der Waals surface area (Å²) >= 11 is 8.65. The number of anilines is 1. The van der Waals surface area contributed by atoms with Crippen molar-refractivity contribution in [3.63, 3.8) is 0 Å². The smallest absolute Gasteiger partial charge is 0.236 e. The minimum Gasteiger partial charge on any atom is -0.497 e. The van der Waals surface area contributed by atoms with Crippen LogP contribution >= 0.6 is 34.7 Å². The molecule has 34 heavy (non-hydrogen) atoms. The number of amides is 1. The number of benzene rings is 2. The average molecular weight is 512 g/mol. The van der Waals surface area contributed by atoms with Crippen LogP contribution in [-0.2, 0) is 17.8 Å². The van der Waals surface area contributed by atoms with Gasteiger partial charge in [0.15, 0.2) is 10.3 Å². The first-order valence-electron chi connectivity index (χ1n) is 10.4. The van der Waals surface area contributed by atoms with Crippen LogP contribution in [0.15, 0.2) is 71.7 Å². The molecule has 10 heteroatoms. The van der Waals surface area contributed by atoms with E-state index < -0.39 is 0 Å². The molecule has 0 aliphatic rings. The highest BCUT2D eigenvalue weighted by molar-refractivity contribution is 7.99. The predicted octanol–water partition coefficient (Wildman–Crippen LogP) is 5.57. The van der Waals surface area contributed by atoms with E-state index in [1.807, 2.05) is 58.5 Å². The van der Waals surface area contributed by atoms with Crippen molar-refractivity contribution in [2.24, 2.45) is 0 Å². The Balaban J connectivity index is 1.37. The van der Waals surface area contributed by atoms with Crippen molar-refractivity contribution in [3.8, 4) is 17.0 Å². The normalized spacial score (nSPS) is 10.8. The number of ether oxygens (including phenoxy) is 1. The third-order valence-corrected chi connectivity index (χ3v) is 6.83. The Hall–Kier alpha value is -3.14. The van der Waals surface area contributed by atoms with Gasteiger partial charge < -0.3 is 14.6 Å². The molecule has 7 nitrogen and oxygen atoms in total. The highest BCUT2D eigenvalue weighted by atomic mass is 35.5. The van der Waals surface area contributed by atoms with Crippen molar-refractivity contribution in [1.82, 2.24) is 19.7 Å². The number of halogens is 1. The van der Waals surface area contributed by atoms with Gasteiger partial charge in [-0.15, -0.1) is 28.1 Å². The maximum Gasteiger partial charge on any atom is 0.236 e. The molecule has 2 heterocycles. The highest BCUT2D eigenvalue weighted by Gasteiger charge is 2.15. The third-order valence-electron chi connectivity index (χ3n) is 4.85. The van der Waals surface area contributed by atoms with Gasteiger partial charge in [-0.1, -0.05) is 53.7 Å². The van der Waals surface area contributed by atoms with Gasteiger partial charge in [-0.05, 0) is 29.8 Å². The van der Waals surface area contributed by atoms with Crippen molar-refractivity contribution in [2.75, 3.05) is 18.2 Å². The van der Waals surface area contributed by atoms with E-state index in [2.05, 4.69) is 27.1 Å². The lowest BCUT2D eigenvalue weighted by molar-refractivity contribution is -0.113. The van der Waals surface area contributed by atoms with Crippen LogP contribution in [-0.4, -0.2) is 38.5 Å². The summed E-state index contributed by atoms with van der Waals surface area (Å²) in [4.78, 5) is 17.0. The number of thiazole rings is 1. The highest BCUT2D eigenvalue weighted by Crippen LogP contribution is 2.26. The molecule has 0 aliphatic heterocycles. The molecular formula is C24H22ClN5O2S2. The zero-order chi connectivity index (χ0) is 23.9. The molecule has 1 amide bonds. The van der Waals surface area contributed by atoms with Gasteiger partial charge in [0.25, 0.3) is 0 Å². The Morgan fingerprint density at radius 1 is 1.21 bits per heavy atom. The molecule has 0 atom stereocenters. The molecular weight excluding hydrogens is 490 g/mol. The molecule has 174 valence electrons. The molecule has 0 saturated heterocycles. The third kappa shape index (κ3) is 6.05. The fraction of sp³-hybridized carbons (Fsp3) is 0.167. The van der Waals surface area contributed by atoms with E-state index in [1.165, 1.54) is 23.1 Å². The van der Waals surface area contributed by atoms with E-state index in [0.717, 1.165) is 28.4 Å². The first-order valence-corrected chi connectivity index (χ1v) is 12.6. The molecule has 4 rings (SSSR count). The monoisotopic (exact) mass is 511 g/mol. The molecule has 0 unspecified atom stereocenters. The molecule has 0 radical (unpaired) electrons. The molecule has 0 spiro atoms. The molecule has 4 aromatic rings. The summed E-state index contributed by atoms with van der Waals surface area (Å²) in [5, 5.41) is 15.3. The number of carbonyl (C=O) groups is 1. The SMILES string of the molecule is C=CCn1c(Cc2ccc(OC)cc2)nnc1SCC(=O)Nc1nc(-c2ccc(Cl)cc2)cs1. The number of aromatic nitrogens is 4. The van der Waals surface area contributed by atoms with Crippen molar-refractivity contribution >= 4 is 45.7 Å². The van der Waals surface area contributed by atoms with Gasteiger partial charge in [0, 0.05) is 28.9 Å². The van der Waals surface area contributed by atoms with Crippen molar-refractivity contribution in [1.29, 1.82) is 0 Å². The number of thioether (sulfide) groups is 1. The van der Waals surface area contributed by atoms with Crippen LogP contribution in [0.4, 0.5) is 5.13 Å². The van der Waals surface area contributed by atoms with Crippen molar-refractivity contribution in [3.05, 3.63) is 83.0 Å². The van der Waals surface area contributed by atoms with Gasteiger partial charge in [0.05, 0.1) is 18.6 Å². The molecule has 2 aromatic carbocycles. The average Bonchev–Trinajstić information content (AvgIpc) is 3.46. The van der Waals surface area contributed by atoms with Crippen LogP contribution in [0.5, 0.6) is 5.75 Å². The summed E-state index contributed by atoms with van der Waals surface area (Å²) < 4.78 is 7.18. The second-order valence-electron chi connectivity index (χ2n) is 7.20. The summed E-state index contributed by atoms with van der Waals surface area (Å²) in [6, 6.07) is 15.3. The van der Waals surface area contributed by atoms with Crippen LogP contribution < -0.4 is 10.1 Å². The van der Waals surface area contributed by atoms with Crippen LogP contribution in [0.1, 0.15) is 11.4 Å². The number of hydrogen-bond donors (Lipinski definition) is 1. The van der Waals surface area contributed by atoms with Gasteiger partial charge in [0.2, 0.25) is 5.91 Å². The molecule has 0 saturated carbocycles. The Kier molecular flexibility index (Phi) is 7.99. The van der Waals surface area contributed by atoms with E-state index in [-0.39, 0.29) is 11.7 Å². The summed E-state index contributed by atoms with van der Waals surface area (Å²) in [5.74, 6) is 1.64. The second-order valence-corrected chi connectivity index (χ2v) is 9.44. The van der Waals surface area contributed by atoms with Gasteiger partial charge in [-0.25, -0.2) is 4.98 Å². The Labute approximate surface area is 210 Å². The first-order chi connectivity index (χ1) is 16.6. The van der Waals surface area contributed by atoms with Crippen LogP contribution in [0.3, 0.4) is 0 Å². The second kappa shape index (κ2) is 11.3. The van der Waals surface area contributed by atoms with Crippen molar-refractivity contribution in [2.45, 2.75) is 18.1 Å². The largest absolute Gasteiger partial charge is 0.497 e. The van der Waals surface area contributed by atoms with Gasteiger partial charge >= 0.3 is 0 Å². The summed E-state index contributed by atoms with van der Waals surface area (Å²) in [7, 11) is 1.64. The number of nitrogens with one attached hydrogen (secondary N) is 1. The predicted molar refractivity (Wildman–Crippen MR) is 138 cm³/mol. The standard InChI is InChI=1S/C24H22ClN5O2S2/c1-3-12-30-21(13-16-4-10-19(32-2)11-5-16)28-29-24(30)34-15-22(31)27-23-26-20(14-33-23)17-6-8-18(25)9-7-17/h3-11,14H,1,12-13,15H2,2H3,(H,26,27,31). The Morgan fingerprint density at radius 3 is 2.68 bits per heavy atom. The van der Waals surface area contributed by atoms with Crippen molar-refractivity contribution < 1.29 is 9.53 Å². The van der Waals surface area contributed by atoms with Crippen LogP contribution in [0, 0.1) is 0 Å². The van der Waals surface area contributed by atoms with Gasteiger partial charge in [0.1, 0.15) is 11.6 Å². The van der Waals surface area contributed by atoms with E-state index in [4.69, 9.17) is 16.3 Å². The lowest BCUT2D eigenvalue weighted by Gasteiger charge is -2.08. The lowest BCUT2D eigenvalue weighted by atomic mass is 10.1. The van der Waals surface area contributed by atoms with E-state index in [9.17, 15) is 4.79 Å². The molecule has 0 bridgehead atoms. The number of allylic oxidation sites excluding steroid dienone is 1. The maximum atomic E-state index is 12.5. The van der Waals surface area contributed by atoms with E-state index in [0.29, 0.717) is 28.3 Å². The zero-order valence-electron chi connectivity index (χ0n) is 18.4. The topological polar surface area (TPSA) is 81.9 Å². The van der Waals surface area contributed by atoms with Crippen LogP contribution in [0.2, 0.25) is 5.02 Å². The van der Waals surface area contributed by atoms with E-state index >= 15 is 0 Å². The summed E-state index contributed by atoms with van der Waals surface area (Å²) in [6.45, 7) is 4.39. The van der Waals surface area contributed by atoms with Gasteiger partial charge in [-0.3, -0.25) is 4.79 Å². The first kappa shape index (κ1) is 24.0. The minimum absolute atomic E-state index is 0.160. The van der Waals surface area contributed by atoms with Gasteiger partial charge in [-0.2, -0.15) is 0 Å².